The van der Waals surface area contributed by atoms with E-state index >= 15 is 0 Å². The molecule has 0 atom stereocenters. The highest BCUT2D eigenvalue weighted by atomic mass is 79.9. The molecule has 0 saturated carbocycles. The first-order valence-corrected chi connectivity index (χ1v) is 7.27. The zero-order chi connectivity index (χ0) is 13.9. The Morgan fingerprint density at radius 2 is 2.25 bits per heavy atom. The van der Waals surface area contributed by atoms with Crippen molar-refractivity contribution in [2.45, 2.75) is 13.0 Å². The normalized spacial score (nSPS) is 13.7. The third kappa shape index (κ3) is 2.73. The summed E-state index contributed by atoms with van der Waals surface area (Å²) in [5.74, 6) is -0.134. The number of carbonyl (C=O) groups excluding carboxylic acids is 1. The highest BCUT2D eigenvalue weighted by Gasteiger charge is 2.15. The van der Waals surface area contributed by atoms with E-state index in [0.717, 1.165) is 29.7 Å². The number of hydrogen-bond acceptors (Lipinski definition) is 3. The molecule has 20 heavy (non-hydrogen) atoms. The first kappa shape index (κ1) is 13.3. The molecule has 3 rings (SSSR count). The molecular formula is C15H14BrN3O. The first-order valence-electron chi connectivity index (χ1n) is 6.47. The summed E-state index contributed by atoms with van der Waals surface area (Å²) in [6, 6.07) is 7.78. The number of nitrogens with zero attached hydrogens (tertiary/aromatic N) is 1. The van der Waals surface area contributed by atoms with E-state index in [1.807, 2.05) is 12.1 Å². The molecule has 4 nitrogen and oxygen atoms in total. The van der Waals surface area contributed by atoms with Crippen molar-refractivity contribution in [2.24, 2.45) is 0 Å². The Bertz CT molecular complexity index is 657. The van der Waals surface area contributed by atoms with Gasteiger partial charge in [0.15, 0.2) is 0 Å². The number of rotatable bonds is 2. The highest BCUT2D eigenvalue weighted by Crippen LogP contribution is 2.23. The van der Waals surface area contributed by atoms with Crippen LogP contribution in [0.4, 0.5) is 5.69 Å². The van der Waals surface area contributed by atoms with Crippen LogP contribution in [0.2, 0.25) is 0 Å². The third-order valence-corrected chi connectivity index (χ3v) is 3.79. The molecule has 1 aliphatic heterocycles. The summed E-state index contributed by atoms with van der Waals surface area (Å²) >= 11 is 3.33. The minimum atomic E-state index is -0.134. The molecule has 0 bridgehead atoms. The van der Waals surface area contributed by atoms with Crippen molar-refractivity contribution in [3.63, 3.8) is 0 Å². The molecule has 1 aromatic carbocycles. The van der Waals surface area contributed by atoms with Crippen LogP contribution in [0.25, 0.3) is 0 Å². The van der Waals surface area contributed by atoms with Crippen molar-refractivity contribution in [1.82, 2.24) is 10.3 Å². The highest BCUT2D eigenvalue weighted by molar-refractivity contribution is 9.10. The van der Waals surface area contributed by atoms with Crippen molar-refractivity contribution >= 4 is 27.5 Å². The molecule has 0 fully saturated rings. The van der Waals surface area contributed by atoms with Gasteiger partial charge >= 0.3 is 0 Å². The van der Waals surface area contributed by atoms with Gasteiger partial charge in [0.25, 0.3) is 5.91 Å². The van der Waals surface area contributed by atoms with Crippen LogP contribution in [-0.2, 0) is 13.0 Å². The Morgan fingerprint density at radius 1 is 1.35 bits per heavy atom. The molecule has 102 valence electrons. The maximum atomic E-state index is 12.3. The summed E-state index contributed by atoms with van der Waals surface area (Å²) in [6.45, 7) is 1.80. The number of aromatic nitrogens is 1. The fraction of sp³-hybridized carbons (Fsp3) is 0.200. The van der Waals surface area contributed by atoms with Gasteiger partial charge < -0.3 is 10.6 Å². The van der Waals surface area contributed by atoms with E-state index in [2.05, 4.69) is 37.6 Å². The Balaban J connectivity index is 1.86. The summed E-state index contributed by atoms with van der Waals surface area (Å²) in [5, 5.41) is 6.32. The molecule has 1 amide bonds. The predicted octanol–water partition coefficient (Wildman–Crippen LogP) is 2.74. The second-order valence-corrected chi connectivity index (χ2v) is 5.63. The number of fused-ring (bicyclic) bond motifs is 1. The van der Waals surface area contributed by atoms with E-state index in [4.69, 9.17) is 0 Å². The van der Waals surface area contributed by atoms with E-state index in [0.29, 0.717) is 5.56 Å². The molecule has 2 N–H and O–H groups in total. The van der Waals surface area contributed by atoms with Gasteiger partial charge in [-0.1, -0.05) is 12.1 Å². The lowest BCUT2D eigenvalue weighted by molar-refractivity contribution is 0.102. The molecule has 1 aromatic heterocycles. The smallest absolute Gasteiger partial charge is 0.257 e. The van der Waals surface area contributed by atoms with Crippen LogP contribution in [0.15, 0.2) is 41.1 Å². The van der Waals surface area contributed by atoms with Gasteiger partial charge in [-0.2, -0.15) is 0 Å². The first-order chi connectivity index (χ1) is 9.74. The van der Waals surface area contributed by atoms with Gasteiger partial charge in [0.1, 0.15) is 0 Å². The summed E-state index contributed by atoms with van der Waals surface area (Å²) in [7, 11) is 0. The summed E-state index contributed by atoms with van der Waals surface area (Å²) < 4.78 is 0.796. The molecule has 2 aromatic rings. The van der Waals surface area contributed by atoms with Crippen LogP contribution in [0, 0.1) is 0 Å². The SMILES string of the molecule is O=C(Nc1cccc2c1CCNC2)c1cncc(Br)c1. The molecule has 1 aliphatic rings. The Labute approximate surface area is 125 Å². The lowest BCUT2D eigenvalue weighted by Gasteiger charge is -2.20. The largest absolute Gasteiger partial charge is 0.322 e. The number of pyridine rings is 1. The monoisotopic (exact) mass is 331 g/mol. The van der Waals surface area contributed by atoms with Crippen molar-refractivity contribution < 1.29 is 4.79 Å². The van der Waals surface area contributed by atoms with E-state index in [9.17, 15) is 4.79 Å². The Morgan fingerprint density at radius 3 is 3.10 bits per heavy atom. The lowest BCUT2D eigenvalue weighted by atomic mass is 9.99. The van der Waals surface area contributed by atoms with Crippen molar-refractivity contribution in [3.8, 4) is 0 Å². The van der Waals surface area contributed by atoms with E-state index in [1.54, 1.807) is 18.5 Å². The fourth-order valence-electron chi connectivity index (χ4n) is 2.38. The van der Waals surface area contributed by atoms with Crippen LogP contribution >= 0.6 is 15.9 Å². The lowest BCUT2D eigenvalue weighted by Crippen LogP contribution is -2.25. The fourth-order valence-corrected chi connectivity index (χ4v) is 2.74. The Kier molecular flexibility index (Phi) is 3.80. The van der Waals surface area contributed by atoms with E-state index in [1.165, 1.54) is 11.1 Å². The minimum absolute atomic E-state index is 0.134. The van der Waals surface area contributed by atoms with Crippen LogP contribution < -0.4 is 10.6 Å². The standard InChI is InChI=1S/C15H14BrN3O/c16-12-6-11(8-18-9-12)15(20)19-14-3-1-2-10-7-17-5-4-13(10)14/h1-3,6,8-9,17H,4-5,7H2,(H,19,20). The van der Waals surface area contributed by atoms with Crippen LogP contribution in [0.5, 0.6) is 0 Å². The number of hydrogen-bond donors (Lipinski definition) is 2. The minimum Gasteiger partial charge on any atom is -0.322 e. The van der Waals surface area contributed by atoms with Crippen molar-refractivity contribution in [3.05, 3.63) is 57.8 Å². The molecule has 0 spiro atoms. The molecule has 0 saturated heterocycles. The average Bonchev–Trinajstić information content (AvgIpc) is 2.47. The van der Waals surface area contributed by atoms with Gasteiger partial charge in [0, 0.05) is 29.1 Å². The zero-order valence-corrected chi connectivity index (χ0v) is 12.4. The van der Waals surface area contributed by atoms with Gasteiger partial charge in [-0.25, -0.2) is 0 Å². The molecule has 2 heterocycles. The van der Waals surface area contributed by atoms with Gasteiger partial charge in [0.05, 0.1) is 5.56 Å². The number of halogens is 1. The molecule has 0 aliphatic carbocycles. The van der Waals surface area contributed by atoms with E-state index < -0.39 is 0 Å². The second-order valence-electron chi connectivity index (χ2n) is 4.72. The van der Waals surface area contributed by atoms with Gasteiger partial charge in [-0.05, 0) is 52.2 Å². The van der Waals surface area contributed by atoms with E-state index in [-0.39, 0.29) is 5.91 Å². The molecular weight excluding hydrogens is 318 g/mol. The quantitative estimate of drug-likeness (QED) is 0.889. The number of amides is 1. The maximum Gasteiger partial charge on any atom is 0.257 e. The molecule has 0 unspecified atom stereocenters. The predicted molar refractivity (Wildman–Crippen MR) is 81.7 cm³/mol. The number of anilines is 1. The summed E-state index contributed by atoms with van der Waals surface area (Å²) in [4.78, 5) is 16.3. The van der Waals surface area contributed by atoms with Crippen LogP contribution in [0.3, 0.4) is 0 Å². The average molecular weight is 332 g/mol. The summed E-state index contributed by atoms with van der Waals surface area (Å²) in [6.07, 6.45) is 4.16. The molecule has 0 radical (unpaired) electrons. The van der Waals surface area contributed by atoms with Crippen LogP contribution in [0.1, 0.15) is 21.5 Å². The number of benzene rings is 1. The summed E-state index contributed by atoms with van der Waals surface area (Å²) in [5.41, 5.74) is 3.92. The molecule has 5 heteroatoms. The van der Waals surface area contributed by atoms with Gasteiger partial charge in [-0.3, -0.25) is 9.78 Å². The van der Waals surface area contributed by atoms with Gasteiger partial charge in [-0.15, -0.1) is 0 Å². The maximum absolute atomic E-state index is 12.3. The van der Waals surface area contributed by atoms with Crippen LogP contribution in [-0.4, -0.2) is 17.4 Å². The second kappa shape index (κ2) is 5.73. The topological polar surface area (TPSA) is 54.0 Å². The Hall–Kier alpha value is -1.72. The van der Waals surface area contributed by atoms with Crippen molar-refractivity contribution in [2.75, 3.05) is 11.9 Å². The number of carbonyl (C=O) groups is 1. The van der Waals surface area contributed by atoms with Crippen molar-refractivity contribution in [1.29, 1.82) is 0 Å². The zero-order valence-electron chi connectivity index (χ0n) is 10.8. The third-order valence-electron chi connectivity index (χ3n) is 3.36. The van der Waals surface area contributed by atoms with Gasteiger partial charge in [0.2, 0.25) is 0 Å². The number of nitrogens with one attached hydrogen (secondary N) is 2.